The molecule has 0 saturated heterocycles. The lowest BCUT2D eigenvalue weighted by Crippen LogP contribution is -2.16. The molecule has 2 aromatic rings. The minimum Gasteiger partial charge on any atom is -0.305 e. The Hall–Kier alpha value is -1.00. The molecule has 16 heavy (non-hydrogen) atoms. The predicted molar refractivity (Wildman–Crippen MR) is 70.7 cm³/mol. The lowest BCUT2D eigenvalue weighted by molar-refractivity contribution is 0.839. The van der Waals surface area contributed by atoms with E-state index in [2.05, 4.69) is 15.9 Å². The van der Waals surface area contributed by atoms with E-state index in [0.717, 1.165) is 9.37 Å². The number of hydrogen-bond acceptors (Lipinski definition) is 2. The van der Waals surface area contributed by atoms with E-state index in [1.165, 1.54) is 0 Å². The van der Waals surface area contributed by atoms with Crippen LogP contribution in [0.15, 0.2) is 62.8 Å². The molecule has 1 aromatic carbocycles. The topological polar surface area (TPSA) is 22.0 Å². The Morgan fingerprint density at radius 3 is 2.56 bits per heavy atom. The monoisotopic (exact) mass is 295 g/mol. The number of rotatable bonds is 3. The van der Waals surface area contributed by atoms with Crippen LogP contribution in [0.5, 0.6) is 0 Å². The summed E-state index contributed by atoms with van der Waals surface area (Å²) in [6, 6.07) is 13.2. The van der Waals surface area contributed by atoms with Gasteiger partial charge in [-0.3, -0.25) is 4.79 Å². The molecule has 0 fully saturated rings. The fourth-order valence-electron chi connectivity index (χ4n) is 1.24. The van der Waals surface area contributed by atoms with Crippen molar-refractivity contribution in [1.29, 1.82) is 0 Å². The van der Waals surface area contributed by atoms with Crippen LogP contribution < -0.4 is 5.56 Å². The minimum absolute atomic E-state index is 0.0344. The van der Waals surface area contributed by atoms with Crippen molar-refractivity contribution in [2.75, 3.05) is 0 Å². The van der Waals surface area contributed by atoms with Crippen LogP contribution in [0.25, 0.3) is 0 Å². The molecule has 0 unspecified atom stereocenters. The average Bonchev–Trinajstić information content (AvgIpc) is 2.30. The van der Waals surface area contributed by atoms with E-state index in [0.29, 0.717) is 5.88 Å². The first-order chi connectivity index (χ1) is 7.75. The molecule has 0 radical (unpaired) electrons. The summed E-state index contributed by atoms with van der Waals surface area (Å²) in [6.07, 6.45) is 1.80. The molecule has 82 valence electrons. The molecule has 0 saturated carbocycles. The molecule has 4 heteroatoms. The number of benzene rings is 1. The molecule has 0 aliphatic rings. The molecule has 1 aromatic heterocycles. The number of nitrogens with zero attached hydrogens (tertiary/aromatic N) is 1. The van der Waals surface area contributed by atoms with Crippen molar-refractivity contribution >= 4 is 27.7 Å². The maximum absolute atomic E-state index is 11.4. The van der Waals surface area contributed by atoms with Crippen molar-refractivity contribution in [3.05, 3.63) is 63.5 Å². The van der Waals surface area contributed by atoms with Crippen molar-refractivity contribution in [3.63, 3.8) is 0 Å². The van der Waals surface area contributed by atoms with Gasteiger partial charge in [-0.05, 0) is 30.3 Å². The van der Waals surface area contributed by atoms with E-state index in [1.54, 1.807) is 34.7 Å². The van der Waals surface area contributed by atoms with Gasteiger partial charge in [0.15, 0.2) is 0 Å². The summed E-state index contributed by atoms with van der Waals surface area (Å²) in [7, 11) is 0. The van der Waals surface area contributed by atoms with Gasteiger partial charge in [0, 0.05) is 21.6 Å². The third-order valence-electron chi connectivity index (χ3n) is 2.08. The van der Waals surface area contributed by atoms with E-state index in [1.807, 2.05) is 30.3 Å². The summed E-state index contributed by atoms with van der Waals surface area (Å²) in [5.41, 5.74) is 0.0344. The molecule has 0 aliphatic carbocycles. The van der Waals surface area contributed by atoms with Gasteiger partial charge in [0.1, 0.15) is 0 Å². The molecule has 2 rings (SSSR count). The summed E-state index contributed by atoms with van der Waals surface area (Å²) in [4.78, 5) is 12.6. The maximum atomic E-state index is 11.4. The van der Waals surface area contributed by atoms with Gasteiger partial charge in [0.25, 0.3) is 5.56 Å². The number of aromatic nitrogens is 1. The van der Waals surface area contributed by atoms with Crippen LogP contribution in [0.2, 0.25) is 0 Å². The molecular weight excluding hydrogens is 286 g/mol. The average molecular weight is 296 g/mol. The van der Waals surface area contributed by atoms with Gasteiger partial charge in [-0.25, -0.2) is 0 Å². The molecule has 0 bridgehead atoms. The van der Waals surface area contributed by atoms with Gasteiger partial charge in [0.2, 0.25) is 0 Å². The molecule has 0 N–H and O–H groups in total. The summed E-state index contributed by atoms with van der Waals surface area (Å²) >= 11 is 5.03. The Morgan fingerprint density at radius 1 is 1.12 bits per heavy atom. The lowest BCUT2D eigenvalue weighted by Gasteiger charge is -2.04. The molecular formula is C12H10BrNOS. The normalized spacial score (nSPS) is 10.3. The number of pyridine rings is 1. The first-order valence-electron chi connectivity index (χ1n) is 4.79. The quantitative estimate of drug-likeness (QED) is 0.810. The standard InChI is InChI=1S/C12H10BrNOS/c13-10-4-6-11(7-5-10)16-9-14-8-2-1-3-12(14)15/h1-8H,9H2. The molecule has 0 atom stereocenters. The zero-order valence-corrected chi connectivity index (χ0v) is 10.9. The van der Waals surface area contributed by atoms with E-state index >= 15 is 0 Å². The first-order valence-corrected chi connectivity index (χ1v) is 6.57. The van der Waals surface area contributed by atoms with E-state index in [9.17, 15) is 4.79 Å². The van der Waals surface area contributed by atoms with Crippen LogP contribution >= 0.6 is 27.7 Å². The minimum atomic E-state index is 0.0344. The van der Waals surface area contributed by atoms with Crippen molar-refractivity contribution in [3.8, 4) is 0 Å². The van der Waals surface area contributed by atoms with Crippen molar-refractivity contribution in [1.82, 2.24) is 4.57 Å². The van der Waals surface area contributed by atoms with Gasteiger partial charge < -0.3 is 4.57 Å². The Kier molecular flexibility index (Phi) is 3.85. The summed E-state index contributed by atoms with van der Waals surface area (Å²) < 4.78 is 2.75. The highest BCUT2D eigenvalue weighted by Gasteiger charge is 1.96. The molecule has 2 nitrogen and oxygen atoms in total. The fourth-order valence-corrected chi connectivity index (χ4v) is 2.34. The Labute approximate surface area is 106 Å². The third-order valence-corrected chi connectivity index (χ3v) is 3.62. The third kappa shape index (κ3) is 3.00. The summed E-state index contributed by atoms with van der Waals surface area (Å²) in [5.74, 6) is 0.640. The van der Waals surface area contributed by atoms with Crippen LogP contribution in [-0.4, -0.2) is 4.57 Å². The zero-order valence-electron chi connectivity index (χ0n) is 8.47. The van der Waals surface area contributed by atoms with Crippen LogP contribution in [-0.2, 0) is 5.88 Å². The number of halogens is 1. The van der Waals surface area contributed by atoms with Gasteiger partial charge in [-0.15, -0.1) is 11.8 Å². The van der Waals surface area contributed by atoms with Crippen LogP contribution in [0.4, 0.5) is 0 Å². The maximum Gasteiger partial charge on any atom is 0.251 e. The summed E-state index contributed by atoms with van der Waals surface area (Å²) in [5, 5.41) is 0. The van der Waals surface area contributed by atoms with E-state index in [-0.39, 0.29) is 5.56 Å². The highest BCUT2D eigenvalue weighted by atomic mass is 79.9. The number of thioether (sulfide) groups is 1. The largest absolute Gasteiger partial charge is 0.305 e. The first kappa shape index (κ1) is 11.5. The SMILES string of the molecule is O=c1ccccn1CSc1ccc(Br)cc1. The van der Waals surface area contributed by atoms with E-state index < -0.39 is 0 Å². The van der Waals surface area contributed by atoms with Gasteiger partial charge in [0.05, 0.1) is 5.88 Å². The van der Waals surface area contributed by atoms with Gasteiger partial charge in [-0.2, -0.15) is 0 Å². The van der Waals surface area contributed by atoms with Crippen molar-refractivity contribution in [2.45, 2.75) is 10.8 Å². The molecule has 0 spiro atoms. The Balaban J connectivity index is 2.05. The highest BCUT2D eigenvalue weighted by Crippen LogP contribution is 2.21. The smallest absolute Gasteiger partial charge is 0.251 e. The van der Waals surface area contributed by atoms with Gasteiger partial charge in [-0.1, -0.05) is 22.0 Å². The second kappa shape index (κ2) is 5.37. The zero-order chi connectivity index (χ0) is 11.4. The Bertz CT molecular complexity index is 521. The Morgan fingerprint density at radius 2 is 1.88 bits per heavy atom. The molecule has 1 heterocycles. The van der Waals surface area contributed by atoms with Crippen LogP contribution in [0.1, 0.15) is 0 Å². The molecule has 0 amide bonds. The van der Waals surface area contributed by atoms with E-state index in [4.69, 9.17) is 0 Å². The lowest BCUT2D eigenvalue weighted by atomic mass is 10.4. The molecule has 0 aliphatic heterocycles. The van der Waals surface area contributed by atoms with Crippen LogP contribution in [0, 0.1) is 0 Å². The van der Waals surface area contributed by atoms with Crippen molar-refractivity contribution < 1.29 is 0 Å². The summed E-state index contributed by atoms with van der Waals surface area (Å²) in [6.45, 7) is 0. The number of hydrogen-bond donors (Lipinski definition) is 0. The van der Waals surface area contributed by atoms with Crippen molar-refractivity contribution in [2.24, 2.45) is 0 Å². The van der Waals surface area contributed by atoms with Crippen LogP contribution in [0.3, 0.4) is 0 Å². The van der Waals surface area contributed by atoms with Gasteiger partial charge >= 0.3 is 0 Å². The second-order valence-electron chi connectivity index (χ2n) is 3.24. The second-order valence-corrected chi connectivity index (χ2v) is 5.17. The fraction of sp³-hybridized carbons (Fsp3) is 0.0833. The predicted octanol–water partition coefficient (Wildman–Crippen LogP) is 3.36. The highest BCUT2D eigenvalue weighted by molar-refractivity contribution is 9.10.